The molecule has 1 N–H and O–H groups in total. The van der Waals surface area contributed by atoms with Crippen molar-refractivity contribution in [3.8, 4) is 0 Å². The number of amides is 1. The van der Waals surface area contributed by atoms with Crippen molar-refractivity contribution in [2.24, 2.45) is 0 Å². The van der Waals surface area contributed by atoms with Crippen LogP contribution in [0.3, 0.4) is 0 Å². The fourth-order valence-corrected chi connectivity index (χ4v) is 4.29. The molecule has 1 aliphatic rings. The molecule has 3 aromatic carbocycles. The van der Waals surface area contributed by atoms with Gasteiger partial charge in [0.25, 0.3) is 5.91 Å². The molecule has 0 aliphatic carbocycles. The lowest BCUT2D eigenvalue weighted by Crippen LogP contribution is -2.48. The molecule has 4 rings (SSSR count). The average molecular weight is 417 g/mol. The van der Waals surface area contributed by atoms with Crippen molar-refractivity contribution in [1.29, 1.82) is 0 Å². The minimum atomic E-state index is -0.0131. The smallest absolute Gasteiger partial charge is 0.251 e. The lowest BCUT2D eigenvalue weighted by atomic mass is 10.0. The van der Waals surface area contributed by atoms with Gasteiger partial charge in [-0.25, -0.2) is 0 Å². The molecule has 5 heteroatoms. The van der Waals surface area contributed by atoms with E-state index in [1.807, 2.05) is 42.5 Å². The van der Waals surface area contributed by atoms with Crippen LogP contribution in [0.15, 0.2) is 66.7 Å². The number of nitrogens with one attached hydrogen (secondary N) is 1. The molecule has 0 bridgehead atoms. The molecule has 1 aliphatic heterocycles. The Labute approximate surface area is 185 Å². The first-order valence-electron chi connectivity index (χ1n) is 11.0. The summed E-state index contributed by atoms with van der Waals surface area (Å²) in [6.07, 6.45) is 0. The van der Waals surface area contributed by atoms with Crippen LogP contribution in [-0.4, -0.2) is 69.6 Å². The van der Waals surface area contributed by atoms with E-state index in [9.17, 15) is 4.79 Å². The monoisotopic (exact) mass is 416 g/mol. The molecule has 162 valence electrons. The number of anilines is 1. The van der Waals surface area contributed by atoms with Gasteiger partial charge in [0.2, 0.25) is 0 Å². The number of carbonyl (C=O) groups is 1. The van der Waals surface area contributed by atoms with Gasteiger partial charge in [0, 0.05) is 58.1 Å². The van der Waals surface area contributed by atoms with Crippen LogP contribution in [0.5, 0.6) is 0 Å². The Morgan fingerprint density at radius 1 is 0.935 bits per heavy atom. The summed E-state index contributed by atoms with van der Waals surface area (Å²) in [5.41, 5.74) is 3.16. The number of nitrogens with zero attached hydrogens (tertiary/aromatic N) is 3. The largest absolute Gasteiger partial charge is 0.378 e. The number of piperazine rings is 1. The Balaban J connectivity index is 1.54. The summed E-state index contributed by atoms with van der Waals surface area (Å²) < 4.78 is 0. The van der Waals surface area contributed by atoms with Gasteiger partial charge in [-0.1, -0.05) is 48.5 Å². The Morgan fingerprint density at radius 2 is 1.61 bits per heavy atom. The van der Waals surface area contributed by atoms with E-state index < -0.39 is 0 Å². The molecule has 1 heterocycles. The second-order valence-corrected chi connectivity index (χ2v) is 8.58. The third-order valence-corrected chi connectivity index (χ3v) is 6.26. The van der Waals surface area contributed by atoms with Crippen molar-refractivity contribution in [3.63, 3.8) is 0 Å². The van der Waals surface area contributed by atoms with Gasteiger partial charge in [-0.3, -0.25) is 9.69 Å². The number of carbonyl (C=O) groups excluding carboxylic acids is 1. The van der Waals surface area contributed by atoms with Crippen LogP contribution < -0.4 is 10.2 Å². The summed E-state index contributed by atoms with van der Waals surface area (Å²) in [6.45, 7) is 4.68. The van der Waals surface area contributed by atoms with E-state index in [-0.39, 0.29) is 11.9 Å². The molecule has 0 aromatic heterocycles. The maximum Gasteiger partial charge on any atom is 0.251 e. The quantitative estimate of drug-likeness (QED) is 0.666. The maximum atomic E-state index is 13.1. The zero-order valence-electron chi connectivity index (χ0n) is 18.7. The molecular weight excluding hydrogens is 384 g/mol. The normalized spacial score (nSPS) is 16.2. The van der Waals surface area contributed by atoms with Crippen LogP contribution in [0.2, 0.25) is 0 Å². The summed E-state index contributed by atoms with van der Waals surface area (Å²) in [7, 11) is 6.27. The highest BCUT2D eigenvalue weighted by Gasteiger charge is 2.25. The lowest BCUT2D eigenvalue weighted by molar-refractivity contribution is 0.0887. The van der Waals surface area contributed by atoms with Crippen molar-refractivity contribution in [1.82, 2.24) is 15.1 Å². The minimum Gasteiger partial charge on any atom is -0.378 e. The number of benzene rings is 3. The van der Waals surface area contributed by atoms with Crippen molar-refractivity contribution in [2.45, 2.75) is 6.04 Å². The molecule has 31 heavy (non-hydrogen) atoms. The van der Waals surface area contributed by atoms with Gasteiger partial charge in [-0.05, 0) is 41.6 Å². The maximum absolute atomic E-state index is 13.1. The van der Waals surface area contributed by atoms with E-state index in [1.165, 1.54) is 11.3 Å². The van der Waals surface area contributed by atoms with Gasteiger partial charge in [-0.2, -0.15) is 0 Å². The van der Waals surface area contributed by atoms with Gasteiger partial charge in [0.1, 0.15) is 0 Å². The van der Waals surface area contributed by atoms with Crippen molar-refractivity contribution < 1.29 is 4.79 Å². The van der Waals surface area contributed by atoms with Gasteiger partial charge < -0.3 is 15.1 Å². The predicted molar refractivity (Wildman–Crippen MR) is 129 cm³/mol. The summed E-state index contributed by atoms with van der Waals surface area (Å²) in [5, 5.41) is 5.31. The first-order valence-corrected chi connectivity index (χ1v) is 11.0. The molecule has 1 fully saturated rings. The highest BCUT2D eigenvalue weighted by atomic mass is 16.1. The van der Waals surface area contributed by atoms with Gasteiger partial charge in [0.05, 0.1) is 6.04 Å². The van der Waals surface area contributed by atoms with E-state index in [4.69, 9.17) is 0 Å². The predicted octanol–water partition coefficient (Wildman–Crippen LogP) is 3.62. The fraction of sp³-hybridized carbons (Fsp3) is 0.346. The number of hydrogen-bond donors (Lipinski definition) is 1. The number of likely N-dealkylation sites (N-methyl/N-ethyl adjacent to an activating group) is 1. The second-order valence-electron chi connectivity index (χ2n) is 8.58. The topological polar surface area (TPSA) is 38.8 Å². The van der Waals surface area contributed by atoms with Gasteiger partial charge in [-0.15, -0.1) is 0 Å². The lowest BCUT2D eigenvalue weighted by Gasteiger charge is -2.38. The van der Waals surface area contributed by atoms with Crippen LogP contribution in [0.4, 0.5) is 5.69 Å². The minimum absolute atomic E-state index is 0.0131. The third-order valence-electron chi connectivity index (χ3n) is 6.26. The molecule has 0 saturated carbocycles. The summed E-state index contributed by atoms with van der Waals surface area (Å²) in [6, 6.07) is 22.8. The summed E-state index contributed by atoms with van der Waals surface area (Å²) in [5.74, 6) is -0.0131. The first kappa shape index (κ1) is 21.3. The number of fused-ring (bicyclic) bond motifs is 1. The van der Waals surface area contributed by atoms with Crippen molar-refractivity contribution in [2.75, 3.05) is 58.8 Å². The molecule has 1 saturated heterocycles. The summed E-state index contributed by atoms with van der Waals surface area (Å²) >= 11 is 0. The van der Waals surface area contributed by atoms with E-state index in [2.05, 4.69) is 65.4 Å². The van der Waals surface area contributed by atoms with Gasteiger partial charge >= 0.3 is 0 Å². The zero-order chi connectivity index (χ0) is 21.8. The molecule has 0 radical (unpaired) electrons. The van der Waals surface area contributed by atoms with Crippen molar-refractivity contribution >= 4 is 22.4 Å². The molecule has 0 spiro atoms. The fourth-order valence-electron chi connectivity index (χ4n) is 4.29. The Bertz CT molecular complexity index is 1020. The molecule has 1 unspecified atom stereocenters. The highest BCUT2D eigenvalue weighted by molar-refractivity contribution is 6.07. The van der Waals surface area contributed by atoms with Crippen molar-refractivity contribution in [3.05, 3.63) is 77.9 Å². The van der Waals surface area contributed by atoms with Crippen LogP contribution >= 0.6 is 0 Å². The third kappa shape index (κ3) is 4.89. The second kappa shape index (κ2) is 9.50. The van der Waals surface area contributed by atoms with Crippen LogP contribution in [0, 0.1) is 0 Å². The van der Waals surface area contributed by atoms with Crippen LogP contribution in [-0.2, 0) is 0 Å². The Morgan fingerprint density at radius 3 is 2.32 bits per heavy atom. The molecule has 1 amide bonds. The zero-order valence-corrected chi connectivity index (χ0v) is 18.7. The SMILES string of the molecule is CN1CCN(C(CNC(=O)c2cccc3ccccc23)c2ccc(N(C)C)cc2)CC1. The standard InChI is InChI=1S/C26H32N4O/c1-28(2)22-13-11-21(12-14-22)25(30-17-15-29(3)16-18-30)19-27-26(31)24-10-6-8-20-7-4-5-9-23(20)24/h4-14,25H,15-19H2,1-3H3,(H,27,31). The Hall–Kier alpha value is -2.89. The average Bonchev–Trinajstić information content (AvgIpc) is 2.80. The number of rotatable bonds is 6. The summed E-state index contributed by atoms with van der Waals surface area (Å²) in [4.78, 5) is 20.1. The molecular formula is C26H32N4O. The molecule has 1 atom stereocenters. The Kier molecular flexibility index (Phi) is 6.54. The highest BCUT2D eigenvalue weighted by Crippen LogP contribution is 2.25. The molecule has 3 aromatic rings. The first-order chi connectivity index (χ1) is 15.0. The molecule has 5 nitrogen and oxygen atoms in total. The van der Waals surface area contributed by atoms with E-state index in [0.717, 1.165) is 42.5 Å². The van der Waals surface area contributed by atoms with E-state index in [0.29, 0.717) is 6.54 Å². The van der Waals surface area contributed by atoms with Gasteiger partial charge in [0.15, 0.2) is 0 Å². The van der Waals surface area contributed by atoms with Crippen LogP contribution in [0.1, 0.15) is 22.0 Å². The number of hydrogen-bond acceptors (Lipinski definition) is 4. The van der Waals surface area contributed by atoms with Crippen LogP contribution in [0.25, 0.3) is 10.8 Å². The van der Waals surface area contributed by atoms with E-state index >= 15 is 0 Å². The van der Waals surface area contributed by atoms with E-state index in [1.54, 1.807) is 0 Å².